The summed E-state index contributed by atoms with van der Waals surface area (Å²) in [7, 11) is 0. The maximum atomic E-state index is 12.8. The lowest BCUT2D eigenvalue weighted by atomic mass is 9.92. The summed E-state index contributed by atoms with van der Waals surface area (Å²) in [5, 5.41) is 2.95. The Balaban J connectivity index is 1.43. The summed E-state index contributed by atoms with van der Waals surface area (Å²) in [6, 6.07) is 13.6. The SMILES string of the molecule is CC[C@H](Oc1ccc2c(c1)CCCC2)C(=O)Nc1cccc(N2CCCC2=O)c1. The van der Waals surface area contributed by atoms with Crippen molar-refractivity contribution < 1.29 is 14.3 Å². The van der Waals surface area contributed by atoms with Gasteiger partial charge in [0.25, 0.3) is 5.91 Å². The monoisotopic (exact) mass is 392 g/mol. The van der Waals surface area contributed by atoms with Gasteiger partial charge in [-0.2, -0.15) is 0 Å². The van der Waals surface area contributed by atoms with Crippen molar-refractivity contribution in [1.29, 1.82) is 0 Å². The summed E-state index contributed by atoms with van der Waals surface area (Å²) in [4.78, 5) is 26.6. The Bertz CT molecular complexity index is 909. The van der Waals surface area contributed by atoms with Crippen LogP contribution >= 0.6 is 0 Å². The Morgan fingerprint density at radius 3 is 2.66 bits per heavy atom. The topological polar surface area (TPSA) is 58.6 Å². The third-order valence-electron chi connectivity index (χ3n) is 5.76. The molecule has 1 N–H and O–H groups in total. The van der Waals surface area contributed by atoms with Gasteiger partial charge in [0.2, 0.25) is 5.91 Å². The minimum atomic E-state index is -0.561. The summed E-state index contributed by atoms with van der Waals surface area (Å²) in [5.74, 6) is 0.717. The second-order valence-corrected chi connectivity index (χ2v) is 7.84. The first-order chi connectivity index (χ1) is 14.1. The van der Waals surface area contributed by atoms with Gasteiger partial charge in [0.1, 0.15) is 5.75 Å². The van der Waals surface area contributed by atoms with Crippen molar-refractivity contribution >= 4 is 23.2 Å². The van der Waals surface area contributed by atoms with Crippen LogP contribution in [0.3, 0.4) is 0 Å². The first-order valence-electron chi connectivity index (χ1n) is 10.6. The zero-order valence-electron chi connectivity index (χ0n) is 16.9. The predicted octanol–water partition coefficient (Wildman–Crippen LogP) is 4.49. The van der Waals surface area contributed by atoms with Crippen LogP contribution in [0, 0.1) is 0 Å². The molecule has 0 bridgehead atoms. The zero-order valence-corrected chi connectivity index (χ0v) is 16.9. The number of amides is 2. The molecule has 0 spiro atoms. The fourth-order valence-corrected chi connectivity index (χ4v) is 4.17. The third kappa shape index (κ3) is 4.44. The second kappa shape index (κ2) is 8.68. The number of rotatable bonds is 6. The van der Waals surface area contributed by atoms with Crippen LogP contribution in [0.5, 0.6) is 5.75 Å². The number of carbonyl (C=O) groups is 2. The van der Waals surface area contributed by atoms with Crippen molar-refractivity contribution in [2.45, 2.75) is 58.0 Å². The molecule has 29 heavy (non-hydrogen) atoms. The van der Waals surface area contributed by atoms with Crippen LogP contribution in [-0.2, 0) is 22.4 Å². The van der Waals surface area contributed by atoms with E-state index in [-0.39, 0.29) is 11.8 Å². The fraction of sp³-hybridized carbons (Fsp3) is 0.417. The fourth-order valence-electron chi connectivity index (χ4n) is 4.17. The second-order valence-electron chi connectivity index (χ2n) is 7.84. The van der Waals surface area contributed by atoms with Crippen molar-refractivity contribution in [3.8, 4) is 5.75 Å². The molecule has 0 saturated carbocycles. The lowest BCUT2D eigenvalue weighted by molar-refractivity contribution is -0.122. The van der Waals surface area contributed by atoms with Crippen molar-refractivity contribution in [3.05, 3.63) is 53.6 Å². The van der Waals surface area contributed by atoms with E-state index in [0.717, 1.165) is 37.2 Å². The van der Waals surface area contributed by atoms with E-state index in [2.05, 4.69) is 17.4 Å². The summed E-state index contributed by atoms with van der Waals surface area (Å²) < 4.78 is 6.03. The average Bonchev–Trinajstić information content (AvgIpc) is 3.18. The third-order valence-corrected chi connectivity index (χ3v) is 5.76. The van der Waals surface area contributed by atoms with Crippen LogP contribution in [0.2, 0.25) is 0 Å². The number of nitrogens with one attached hydrogen (secondary N) is 1. The molecule has 1 aliphatic carbocycles. The predicted molar refractivity (Wildman–Crippen MR) is 114 cm³/mol. The molecular weight excluding hydrogens is 364 g/mol. The van der Waals surface area contributed by atoms with E-state index in [0.29, 0.717) is 18.5 Å². The summed E-state index contributed by atoms with van der Waals surface area (Å²) in [6.07, 6.45) is 6.15. The normalized spacial score (nSPS) is 17.0. The van der Waals surface area contributed by atoms with Gasteiger partial charge in [-0.05, 0) is 80.0 Å². The Morgan fingerprint density at radius 1 is 1.07 bits per heavy atom. The number of carbonyl (C=O) groups excluding carboxylic acids is 2. The first-order valence-corrected chi connectivity index (χ1v) is 10.6. The molecule has 2 aliphatic rings. The van der Waals surface area contributed by atoms with E-state index in [4.69, 9.17) is 4.74 Å². The van der Waals surface area contributed by atoms with Crippen LogP contribution in [0.25, 0.3) is 0 Å². The highest BCUT2D eigenvalue weighted by atomic mass is 16.5. The number of anilines is 2. The largest absolute Gasteiger partial charge is 0.481 e. The van der Waals surface area contributed by atoms with Gasteiger partial charge in [-0.1, -0.05) is 19.1 Å². The molecule has 2 aromatic carbocycles. The highest BCUT2D eigenvalue weighted by molar-refractivity contribution is 5.98. The van der Waals surface area contributed by atoms with Crippen molar-refractivity contribution in [3.63, 3.8) is 0 Å². The van der Waals surface area contributed by atoms with Gasteiger partial charge in [-0.3, -0.25) is 9.59 Å². The van der Waals surface area contributed by atoms with E-state index in [1.165, 1.54) is 24.0 Å². The zero-order chi connectivity index (χ0) is 20.2. The molecule has 1 fully saturated rings. The number of fused-ring (bicyclic) bond motifs is 1. The molecule has 0 unspecified atom stereocenters. The van der Waals surface area contributed by atoms with E-state index in [1.54, 1.807) is 4.90 Å². The molecule has 2 aromatic rings. The maximum Gasteiger partial charge on any atom is 0.265 e. The standard InChI is InChI=1S/C24H28N2O3/c1-2-22(29-21-13-12-17-7-3-4-8-18(17)15-21)24(28)25-19-9-5-10-20(16-19)26-14-6-11-23(26)27/h5,9-10,12-13,15-16,22H,2-4,6-8,11,14H2,1H3,(H,25,28)/t22-/m0/s1. The lowest BCUT2D eigenvalue weighted by Gasteiger charge is -2.21. The molecule has 1 aliphatic heterocycles. The molecular formula is C24H28N2O3. The lowest BCUT2D eigenvalue weighted by Crippen LogP contribution is -2.32. The Morgan fingerprint density at radius 2 is 1.90 bits per heavy atom. The molecule has 2 amide bonds. The van der Waals surface area contributed by atoms with Gasteiger partial charge in [0.05, 0.1) is 0 Å². The molecule has 152 valence electrons. The highest BCUT2D eigenvalue weighted by Gasteiger charge is 2.23. The van der Waals surface area contributed by atoms with Gasteiger partial charge in [0, 0.05) is 24.3 Å². The average molecular weight is 392 g/mol. The number of nitrogens with zero attached hydrogens (tertiary/aromatic N) is 1. The van der Waals surface area contributed by atoms with Gasteiger partial charge in [-0.25, -0.2) is 0 Å². The quantitative estimate of drug-likeness (QED) is 0.788. The Labute approximate surface area is 172 Å². The maximum absolute atomic E-state index is 12.8. The van der Waals surface area contributed by atoms with Crippen LogP contribution in [0.15, 0.2) is 42.5 Å². The molecule has 4 rings (SSSR count). The van der Waals surface area contributed by atoms with E-state index in [9.17, 15) is 9.59 Å². The molecule has 0 radical (unpaired) electrons. The smallest absolute Gasteiger partial charge is 0.265 e. The first kappa shape index (κ1) is 19.5. The molecule has 5 nitrogen and oxygen atoms in total. The molecule has 5 heteroatoms. The summed E-state index contributed by atoms with van der Waals surface area (Å²) in [5.41, 5.74) is 4.25. The van der Waals surface area contributed by atoms with Crippen LogP contribution in [0.4, 0.5) is 11.4 Å². The van der Waals surface area contributed by atoms with E-state index >= 15 is 0 Å². The minimum Gasteiger partial charge on any atom is -0.481 e. The van der Waals surface area contributed by atoms with Gasteiger partial charge < -0.3 is 15.0 Å². The van der Waals surface area contributed by atoms with Gasteiger partial charge >= 0.3 is 0 Å². The van der Waals surface area contributed by atoms with Crippen molar-refractivity contribution in [2.75, 3.05) is 16.8 Å². The van der Waals surface area contributed by atoms with E-state index in [1.807, 2.05) is 37.3 Å². The number of benzene rings is 2. The van der Waals surface area contributed by atoms with E-state index < -0.39 is 6.10 Å². The molecule has 1 saturated heterocycles. The van der Waals surface area contributed by atoms with Gasteiger partial charge in [0.15, 0.2) is 6.10 Å². The summed E-state index contributed by atoms with van der Waals surface area (Å²) >= 11 is 0. The van der Waals surface area contributed by atoms with Crippen molar-refractivity contribution in [2.24, 2.45) is 0 Å². The number of hydrogen-bond donors (Lipinski definition) is 1. The Hall–Kier alpha value is -2.82. The van der Waals surface area contributed by atoms with Crippen molar-refractivity contribution in [1.82, 2.24) is 0 Å². The van der Waals surface area contributed by atoms with Crippen LogP contribution in [0.1, 0.15) is 50.2 Å². The number of hydrogen-bond acceptors (Lipinski definition) is 3. The minimum absolute atomic E-state index is 0.135. The van der Waals surface area contributed by atoms with Crippen LogP contribution in [-0.4, -0.2) is 24.5 Å². The molecule has 1 heterocycles. The molecule has 0 aromatic heterocycles. The Kier molecular flexibility index (Phi) is 5.84. The van der Waals surface area contributed by atoms with Crippen LogP contribution < -0.4 is 15.0 Å². The number of aryl methyl sites for hydroxylation is 2. The van der Waals surface area contributed by atoms with Gasteiger partial charge in [-0.15, -0.1) is 0 Å². The number of ether oxygens (including phenoxy) is 1. The highest BCUT2D eigenvalue weighted by Crippen LogP contribution is 2.27. The summed E-state index contributed by atoms with van der Waals surface area (Å²) in [6.45, 7) is 2.68. The molecule has 1 atom stereocenters.